The van der Waals surface area contributed by atoms with Gasteiger partial charge in [0.05, 0.1) is 0 Å². The highest BCUT2D eigenvalue weighted by molar-refractivity contribution is 5.77. The molecule has 0 aliphatic carbocycles. The second-order valence-electron chi connectivity index (χ2n) is 22.8. The van der Waals surface area contributed by atoms with Gasteiger partial charge in [0.15, 0.2) is 0 Å². The molecule has 0 aromatic rings. The minimum atomic E-state index is -0.566. The van der Waals surface area contributed by atoms with Crippen molar-refractivity contribution in [2.24, 2.45) is 5.73 Å². The van der Waals surface area contributed by atoms with Gasteiger partial charge in [-0.3, -0.25) is 0 Å². The molecule has 12 nitrogen and oxygen atoms in total. The number of carbonyl (C=O) groups excluding carboxylic acids is 4. The summed E-state index contributed by atoms with van der Waals surface area (Å²) in [6.45, 7) is 11.0. The van der Waals surface area contributed by atoms with Gasteiger partial charge in [0.25, 0.3) is 0 Å². The number of rotatable bonds is 48. The van der Waals surface area contributed by atoms with E-state index in [1.807, 2.05) is 0 Å². The van der Waals surface area contributed by atoms with Crippen LogP contribution in [0.5, 0.6) is 0 Å². The summed E-state index contributed by atoms with van der Waals surface area (Å²) in [6.07, 6.45) is 58.3. The number of hydrogen-bond acceptors (Lipinski definition) is 4. The minimum Gasteiger partial charge on any atom is -0.351 e. The average molecular weight is 1060 g/mol. The number of unbranched alkanes of at least 4 members (excludes halogenated alkanes) is 42. The van der Waals surface area contributed by atoms with E-state index in [2.05, 4.69) is 36.7 Å². The zero-order valence-corrected chi connectivity index (χ0v) is 50.1. The predicted octanol–water partition coefficient (Wildman–Crippen LogP) is 17.0. The van der Waals surface area contributed by atoms with Crippen LogP contribution < -0.4 is 21.7 Å². The minimum absolute atomic E-state index is 0.160. The lowest BCUT2D eigenvalue weighted by atomic mass is 10.0. The molecule has 0 aromatic heterocycles. The SMILES string of the molecule is CCCCCCCCCCCCCCCCCNC(=O)N1CCN(C(N)=O)CCN(C(=O)NCCCCCCCCCCCCCCCCC)CCN(C(=O)NCCCCCCCCCCCCCCCCC)CC1. The van der Waals surface area contributed by atoms with Crippen molar-refractivity contribution in [2.75, 3.05) is 72.0 Å². The summed E-state index contributed by atoms with van der Waals surface area (Å²) in [7, 11) is 0. The van der Waals surface area contributed by atoms with E-state index >= 15 is 0 Å². The maximum Gasteiger partial charge on any atom is 0.317 e. The van der Waals surface area contributed by atoms with E-state index in [0.29, 0.717) is 45.8 Å². The molecule has 75 heavy (non-hydrogen) atoms. The van der Waals surface area contributed by atoms with Gasteiger partial charge in [-0.1, -0.05) is 290 Å². The number of primary amides is 1. The van der Waals surface area contributed by atoms with Crippen LogP contribution in [0.25, 0.3) is 0 Å². The monoisotopic (exact) mass is 1060 g/mol. The van der Waals surface area contributed by atoms with Crippen molar-refractivity contribution in [2.45, 2.75) is 310 Å². The molecule has 0 bridgehead atoms. The molecule has 1 rings (SSSR count). The van der Waals surface area contributed by atoms with Crippen LogP contribution >= 0.6 is 0 Å². The van der Waals surface area contributed by atoms with E-state index in [9.17, 15) is 19.2 Å². The summed E-state index contributed by atoms with van der Waals surface area (Å²) >= 11 is 0. The van der Waals surface area contributed by atoms with Crippen LogP contribution in [0, 0.1) is 0 Å². The summed E-state index contributed by atoms with van der Waals surface area (Å²) in [5.74, 6) is 0. The highest BCUT2D eigenvalue weighted by Gasteiger charge is 2.24. The van der Waals surface area contributed by atoms with Crippen LogP contribution in [-0.4, -0.2) is 116 Å². The molecule has 1 saturated heterocycles. The summed E-state index contributed by atoms with van der Waals surface area (Å²) in [4.78, 5) is 60.6. The molecule has 0 aromatic carbocycles. The Bertz CT molecular complexity index is 1230. The van der Waals surface area contributed by atoms with Gasteiger partial charge >= 0.3 is 24.1 Å². The lowest BCUT2D eigenvalue weighted by molar-refractivity contribution is 0.145. The molecule has 0 unspecified atom stereocenters. The Morgan fingerprint density at radius 1 is 0.253 bits per heavy atom. The van der Waals surface area contributed by atoms with Crippen LogP contribution in [0.4, 0.5) is 19.2 Å². The molecule has 0 spiro atoms. The zero-order chi connectivity index (χ0) is 54.3. The molecular formula is C63H126N8O4. The fraction of sp³-hybridized carbons (Fsp3) is 0.937. The molecule has 0 radical (unpaired) electrons. The van der Waals surface area contributed by atoms with Gasteiger partial charge in [0.2, 0.25) is 0 Å². The highest BCUT2D eigenvalue weighted by atomic mass is 16.2. The smallest absolute Gasteiger partial charge is 0.317 e. The first-order chi connectivity index (χ1) is 36.8. The third-order valence-corrected chi connectivity index (χ3v) is 15.9. The van der Waals surface area contributed by atoms with E-state index in [-0.39, 0.29) is 44.3 Å². The molecule has 1 aliphatic heterocycles. The van der Waals surface area contributed by atoms with Crippen LogP contribution in [-0.2, 0) is 0 Å². The molecule has 0 saturated carbocycles. The van der Waals surface area contributed by atoms with Crippen molar-refractivity contribution < 1.29 is 19.2 Å². The Balaban J connectivity index is 2.64. The Morgan fingerprint density at radius 2 is 0.400 bits per heavy atom. The first kappa shape index (κ1) is 70.1. The zero-order valence-electron chi connectivity index (χ0n) is 50.1. The van der Waals surface area contributed by atoms with Crippen LogP contribution in [0.15, 0.2) is 0 Å². The van der Waals surface area contributed by atoms with Gasteiger partial charge in [-0.2, -0.15) is 0 Å². The number of nitrogens with zero attached hydrogens (tertiary/aromatic N) is 4. The first-order valence-corrected chi connectivity index (χ1v) is 33.0. The van der Waals surface area contributed by atoms with Gasteiger partial charge in [0.1, 0.15) is 0 Å². The molecule has 1 aliphatic rings. The number of nitrogens with two attached hydrogens (primary N) is 1. The second kappa shape index (κ2) is 54.4. The molecule has 0 atom stereocenters. The summed E-state index contributed by atoms with van der Waals surface area (Å²) < 4.78 is 0. The summed E-state index contributed by atoms with van der Waals surface area (Å²) in [5, 5.41) is 9.44. The van der Waals surface area contributed by atoms with Crippen molar-refractivity contribution in [1.29, 1.82) is 0 Å². The molecule has 1 heterocycles. The fourth-order valence-electron chi connectivity index (χ4n) is 10.7. The standard InChI is InChI=1S/C63H126N8O4/c1-4-7-10-13-16-19-22-25-28-31-34-37-40-43-46-49-65-61(73)69-54-52-68(60(64)72)53-55-70(62(74)66-50-47-44-41-38-35-32-29-26-23-20-17-14-11-8-5-2)57-59-71(58-56-69)63(75)67-51-48-45-42-39-36-33-30-27-24-21-18-15-12-9-6-3/h4-59H2,1-3H3,(H2,64,72)(H,65,73)(H,66,74)(H,67,75). The van der Waals surface area contributed by atoms with E-state index in [4.69, 9.17) is 5.73 Å². The van der Waals surface area contributed by atoms with Crippen molar-refractivity contribution in [1.82, 2.24) is 35.6 Å². The van der Waals surface area contributed by atoms with Gasteiger partial charge in [0, 0.05) is 72.0 Å². The number of nitrogens with one attached hydrogen (secondary N) is 3. The number of urea groups is 4. The van der Waals surface area contributed by atoms with Gasteiger partial charge in [-0.05, 0) is 19.3 Å². The van der Waals surface area contributed by atoms with Crippen molar-refractivity contribution >= 4 is 24.1 Å². The van der Waals surface area contributed by atoms with Crippen LogP contribution in [0.1, 0.15) is 310 Å². The average Bonchev–Trinajstić information content (AvgIpc) is 3.40. The number of amides is 8. The third kappa shape index (κ3) is 44.7. The van der Waals surface area contributed by atoms with Crippen molar-refractivity contribution in [3.8, 4) is 0 Å². The normalized spacial score (nSPS) is 13.7. The summed E-state index contributed by atoms with van der Waals surface area (Å²) in [5.41, 5.74) is 5.88. The lowest BCUT2D eigenvalue weighted by Gasteiger charge is -2.34. The Hall–Kier alpha value is -2.92. The first-order valence-electron chi connectivity index (χ1n) is 33.0. The Kier molecular flexibility index (Phi) is 50.9. The molecular weight excluding hydrogens is 933 g/mol. The second-order valence-corrected chi connectivity index (χ2v) is 22.8. The van der Waals surface area contributed by atoms with Gasteiger partial charge < -0.3 is 41.3 Å². The maximum atomic E-state index is 13.8. The van der Waals surface area contributed by atoms with E-state index < -0.39 is 6.03 Å². The van der Waals surface area contributed by atoms with Crippen molar-refractivity contribution in [3.63, 3.8) is 0 Å². The topological polar surface area (TPSA) is 143 Å². The number of carbonyl (C=O) groups is 4. The van der Waals surface area contributed by atoms with Crippen LogP contribution in [0.2, 0.25) is 0 Å². The quantitative estimate of drug-likeness (QED) is 0.0450. The van der Waals surface area contributed by atoms with E-state index in [1.54, 1.807) is 14.7 Å². The molecule has 12 heteroatoms. The van der Waals surface area contributed by atoms with Crippen molar-refractivity contribution in [3.05, 3.63) is 0 Å². The molecule has 5 N–H and O–H groups in total. The van der Waals surface area contributed by atoms with Crippen LogP contribution in [0.3, 0.4) is 0 Å². The molecule has 442 valence electrons. The lowest BCUT2D eigenvalue weighted by Crippen LogP contribution is -2.54. The maximum absolute atomic E-state index is 13.8. The molecule has 8 amide bonds. The Labute approximate surface area is 464 Å². The van der Waals surface area contributed by atoms with Gasteiger partial charge in [-0.25, -0.2) is 19.2 Å². The van der Waals surface area contributed by atoms with Gasteiger partial charge in [-0.15, -0.1) is 0 Å². The highest BCUT2D eigenvalue weighted by Crippen LogP contribution is 2.17. The van der Waals surface area contributed by atoms with E-state index in [0.717, 1.165) is 38.5 Å². The Morgan fingerprint density at radius 3 is 0.560 bits per heavy atom. The predicted molar refractivity (Wildman–Crippen MR) is 321 cm³/mol. The largest absolute Gasteiger partial charge is 0.351 e. The summed E-state index contributed by atoms with van der Waals surface area (Å²) in [6, 6.07) is -1.09. The fourth-order valence-corrected chi connectivity index (χ4v) is 10.7. The van der Waals surface area contributed by atoms with E-state index in [1.165, 1.54) is 255 Å². The number of hydrogen-bond donors (Lipinski definition) is 4. The molecule has 1 fully saturated rings. The third-order valence-electron chi connectivity index (χ3n) is 15.9.